The monoisotopic (exact) mass is 229 g/mol. The highest BCUT2D eigenvalue weighted by molar-refractivity contribution is 5.79. The van der Waals surface area contributed by atoms with Crippen LogP contribution in [0.15, 0.2) is 36.5 Å². The standard InChI is InChI=1S/C15H19NO/c1-12(2)5-4-10-17-14-8-7-13-6-3-9-16-15(13)11-14/h3,6-9,11-12H,4-5,10H2,1-2H3. The molecular weight excluding hydrogens is 210 g/mol. The van der Waals surface area contributed by atoms with Crippen LogP contribution >= 0.6 is 0 Å². The van der Waals surface area contributed by atoms with E-state index in [9.17, 15) is 0 Å². The van der Waals surface area contributed by atoms with Crippen molar-refractivity contribution in [2.45, 2.75) is 26.7 Å². The van der Waals surface area contributed by atoms with Gasteiger partial charge in [-0.25, -0.2) is 0 Å². The number of rotatable bonds is 5. The van der Waals surface area contributed by atoms with E-state index in [0.29, 0.717) is 0 Å². The van der Waals surface area contributed by atoms with Gasteiger partial charge in [0.1, 0.15) is 5.75 Å². The van der Waals surface area contributed by atoms with Gasteiger partial charge in [0, 0.05) is 17.6 Å². The third kappa shape index (κ3) is 3.45. The first-order valence-electron chi connectivity index (χ1n) is 6.23. The van der Waals surface area contributed by atoms with Gasteiger partial charge in [-0.1, -0.05) is 19.9 Å². The average Bonchev–Trinajstić information content (AvgIpc) is 2.34. The number of hydrogen-bond acceptors (Lipinski definition) is 2. The molecule has 1 aromatic carbocycles. The topological polar surface area (TPSA) is 22.1 Å². The van der Waals surface area contributed by atoms with Crippen molar-refractivity contribution in [3.63, 3.8) is 0 Å². The molecule has 1 heterocycles. The van der Waals surface area contributed by atoms with Crippen molar-refractivity contribution >= 4 is 10.9 Å². The Morgan fingerprint density at radius 1 is 1.24 bits per heavy atom. The number of benzene rings is 1. The molecule has 0 aliphatic carbocycles. The van der Waals surface area contributed by atoms with Gasteiger partial charge in [0.2, 0.25) is 0 Å². The predicted molar refractivity (Wildman–Crippen MR) is 71.3 cm³/mol. The van der Waals surface area contributed by atoms with Crippen molar-refractivity contribution in [1.82, 2.24) is 4.98 Å². The third-order valence-corrected chi connectivity index (χ3v) is 2.77. The summed E-state index contributed by atoms with van der Waals surface area (Å²) in [6.45, 7) is 5.26. The summed E-state index contributed by atoms with van der Waals surface area (Å²) in [5.74, 6) is 1.66. The highest BCUT2D eigenvalue weighted by atomic mass is 16.5. The normalized spacial score (nSPS) is 11.0. The second-order valence-corrected chi connectivity index (χ2v) is 4.74. The molecule has 90 valence electrons. The number of ether oxygens (including phenoxy) is 1. The van der Waals surface area contributed by atoms with E-state index >= 15 is 0 Å². The van der Waals surface area contributed by atoms with Gasteiger partial charge in [0.05, 0.1) is 12.1 Å². The van der Waals surface area contributed by atoms with Crippen molar-refractivity contribution in [2.75, 3.05) is 6.61 Å². The maximum Gasteiger partial charge on any atom is 0.121 e. The molecule has 2 heteroatoms. The first-order valence-corrected chi connectivity index (χ1v) is 6.23. The number of aromatic nitrogens is 1. The smallest absolute Gasteiger partial charge is 0.121 e. The maximum absolute atomic E-state index is 5.72. The lowest BCUT2D eigenvalue weighted by Crippen LogP contribution is -1.99. The Labute approximate surface area is 103 Å². The second-order valence-electron chi connectivity index (χ2n) is 4.74. The van der Waals surface area contributed by atoms with Crippen LogP contribution in [0.3, 0.4) is 0 Å². The van der Waals surface area contributed by atoms with Crippen LogP contribution in [0.25, 0.3) is 10.9 Å². The molecule has 0 atom stereocenters. The van der Waals surface area contributed by atoms with E-state index in [-0.39, 0.29) is 0 Å². The highest BCUT2D eigenvalue weighted by Crippen LogP contribution is 2.19. The van der Waals surface area contributed by atoms with E-state index in [1.165, 1.54) is 6.42 Å². The minimum Gasteiger partial charge on any atom is -0.494 e. The molecule has 2 nitrogen and oxygen atoms in total. The SMILES string of the molecule is CC(C)CCCOc1ccc2cccnc2c1. The fourth-order valence-corrected chi connectivity index (χ4v) is 1.82. The van der Waals surface area contributed by atoms with E-state index in [4.69, 9.17) is 4.74 Å². The van der Waals surface area contributed by atoms with Crippen LogP contribution in [0.5, 0.6) is 5.75 Å². The summed E-state index contributed by atoms with van der Waals surface area (Å²) < 4.78 is 5.72. The summed E-state index contributed by atoms with van der Waals surface area (Å²) in [6.07, 6.45) is 4.13. The van der Waals surface area contributed by atoms with Crippen molar-refractivity contribution in [1.29, 1.82) is 0 Å². The Kier molecular flexibility index (Phi) is 3.97. The van der Waals surface area contributed by atoms with Gasteiger partial charge in [-0.15, -0.1) is 0 Å². The molecule has 0 aliphatic heterocycles. The van der Waals surface area contributed by atoms with Crippen molar-refractivity contribution in [3.8, 4) is 5.75 Å². The van der Waals surface area contributed by atoms with Gasteiger partial charge in [0.15, 0.2) is 0 Å². The van der Waals surface area contributed by atoms with E-state index in [1.807, 2.05) is 24.4 Å². The molecule has 0 saturated heterocycles. The zero-order chi connectivity index (χ0) is 12.1. The molecule has 0 spiro atoms. The van der Waals surface area contributed by atoms with Gasteiger partial charge in [-0.3, -0.25) is 4.98 Å². The van der Waals surface area contributed by atoms with Gasteiger partial charge in [-0.2, -0.15) is 0 Å². The van der Waals surface area contributed by atoms with Crippen molar-refractivity contribution in [3.05, 3.63) is 36.5 Å². The molecule has 0 unspecified atom stereocenters. The third-order valence-electron chi connectivity index (χ3n) is 2.77. The Morgan fingerprint density at radius 2 is 2.12 bits per heavy atom. The Balaban J connectivity index is 1.95. The molecule has 0 saturated carbocycles. The molecule has 0 fully saturated rings. The van der Waals surface area contributed by atoms with Crippen LogP contribution < -0.4 is 4.74 Å². The fourth-order valence-electron chi connectivity index (χ4n) is 1.82. The van der Waals surface area contributed by atoms with Crippen LogP contribution in [0, 0.1) is 5.92 Å². The zero-order valence-corrected chi connectivity index (χ0v) is 10.5. The molecule has 0 aliphatic rings. The zero-order valence-electron chi connectivity index (χ0n) is 10.5. The van der Waals surface area contributed by atoms with E-state index < -0.39 is 0 Å². The Morgan fingerprint density at radius 3 is 2.94 bits per heavy atom. The lowest BCUT2D eigenvalue weighted by molar-refractivity contribution is 0.298. The molecule has 2 aromatic rings. The summed E-state index contributed by atoms with van der Waals surface area (Å²) in [7, 11) is 0. The van der Waals surface area contributed by atoms with E-state index in [2.05, 4.69) is 31.0 Å². The van der Waals surface area contributed by atoms with Gasteiger partial charge >= 0.3 is 0 Å². The van der Waals surface area contributed by atoms with E-state index in [1.54, 1.807) is 0 Å². The summed E-state index contributed by atoms with van der Waals surface area (Å²) in [4.78, 5) is 4.32. The first-order chi connectivity index (χ1) is 8.25. The molecule has 0 bridgehead atoms. The van der Waals surface area contributed by atoms with E-state index in [0.717, 1.165) is 35.6 Å². The highest BCUT2D eigenvalue weighted by Gasteiger charge is 1.99. The Hall–Kier alpha value is -1.57. The summed E-state index contributed by atoms with van der Waals surface area (Å²) >= 11 is 0. The predicted octanol–water partition coefficient (Wildman–Crippen LogP) is 4.05. The van der Waals surface area contributed by atoms with Crippen LogP contribution in [0.1, 0.15) is 26.7 Å². The maximum atomic E-state index is 5.72. The molecule has 1 aromatic heterocycles. The van der Waals surface area contributed by atoms with Crippen LogP contribution in [-0.2, 0) is 0 Å². The molecule has 0 radical (unpaired) electrons. The molecule has 17 heavy (non-hydrogen) atoms. The summed E-state index contributed by atoms with van der Waals surface area (Å²) in [6, 6.07) is 10.1. The van der Waals surface area contributed by atoms with Gasteiger partial charge in [0.25, 0.3) is 0 Å². The summed E-state index contributed by atoms with van der Waals surface area (Å²) in [5.41, 5.74) is 0.994. The van der Waals surface area contributed by atoms with Gasteiger partial charge in [-0.05, 0) is 37.0 Å². The number of hydrogen-bond donors (Lipinski definition) is 0. The quantitative estimate of drug-likeness (QED) is 0.721. The lowest BCUT2D eigenvalue weighted by Gasteiger charge is -2.08. The molecule has 2 rings (SSSR count). The minimum atomic E-state index is 0.747. The first kappa shape index (κ1) is 11.9. The van der Waals surface area contributed by atoms with Crippen LogP contribution in [0.2, 0.25) is 0 Å². The van der Waals surface area contributed by atoms with Crippen LogP contribution in [0.4, 0.5) is 0 Å². The molecule has 0 N–H and O–H groups in total. The van der Waals surface area contributed by atoms with Crippen molar-refractivity contribution < 1.29 is 4.74 Å². The second kappa shape index (κ2) is 5.67. The Bertz CT molecular complexity index is 479. The molecular formula is C15H19NO. The largest absolute Gasteiger partial charge is 0.494 e. The van der Waals surface area contributed by atoms with Crippen molar-refractivity contribution in [2.24, 2.45) is 5.92 Å². The van der Waals surface area contributed by atoms with Crippen LogP contribution in [-0.4, -0.2) is 11.6 Å². The lowest BCUT2D eigenvalue weighted by atomic mass is 10.1. The van der Waals surface area contributed by atoms with Gasteiger partial charge < -0.3 is 4.74 Å². The number of nitrogens with zero attached hydrogens (tertiary/aromatic N) is 1. The minimum absolute atomic E-state index is 0.747. The number of fused-ring (bicyclic) bond motifs is 1. The number of pyridine rings is 1. The molecule has 0 amide bonds. The summed E-state index contributed by atoms with van der Waals surface area (Å²) in [5, 5.41) is 1.15. The average molecular weight is 229 g/mol. The fraction of sp³-hybridized carbons (Fsp3) is 0.400.